The van der Waals surface area contributed by atoms with Gasteiger partial charge in [0.1, 0.15) is 11.9 Å². The van der Waals surface area contributed by atoms with Crippen LogP contribution in [0.3, 0.4) is 0 Å². The molecule has 0 amide bonds. The van der Waals surface area contributed by atoms with Crippen LogP contribution in [0.2, 0.25) is 0 Å². The highest BCUT2D eigenvalue weighted by Crippen LogP contribution is 2.22. The molecular weight excluding hydrogens is 294 g/mol. The summed E-state index contributed by atoms with van der Waals surface area (Å²) in [6.45, 7) is 8.49. The molecule has 0 bridgehead atoms. The van der Waals surface area contributed by atoms with Crippen LogP contribution in [-0.4, -0.2) is 9.97 Å². The van der Waals surface area contributed by atoms with Crippen molar-refractivity contribution in [2.75, 3.05) is 0 Å². The van der Waals surface area contributed by atoms with Crippen molar-refractivity contribution in [1.82, 2.24) is 9.97 Å². The third-order valence-electron chi connectivity index (χ3n) is 4.39. The minimum absolute atomic E-state index is 0.500. The Bertz CT molecular complexity index is 912. The number of nitrogens with one attached hydrogen (secondary N) is 1. The molecule has 0 atom stereocenters. The van der Waals surface area contributed by atoms with Gasteiger partial charge >= 0.3 is 0 Å². The van der Waals surface area contributed by atoms with Gasteiger partial charge in [-0.2, -0.15) is 5.26 Å². The SMILES string of the molecule is Cc1cc2nc(/C(C#N)=C\c3ccc(C(C)C)cc3)[nH]c2cc1C. The lowest BCUT2D eigenvalue weighted by atomic mass is 10.0. The van der Waals surface area contributed by atoms with E-state index in [2.05, 4.69) is 68.0 Å². The zero-order valence-corrected chi connectivity index (χ0v) is 14.5. The number of imidazole rings is 1. The summed E-state index contributed by atoms with van der Waals surface area (Å²) in [5, 5.41) is 9.54. The number of aromatic amines is 1. The molecule has 1 aromatic heterocycles. The third-order valence-corrected chi connectivity index (χ3v) is 4.39. The van der Waals surface area contributed by atoms with E-state index in [1.807, 2.05) is 18.2 Å². The number of benzene rings is 2. The summed E-state index contributed by atoms with van der Waals surface area (Å²) in [5.41, 5.74) is 7.11. The molecule has 0 fully saturated rings. The number of H-pyrrole nitrogens is 1. The predicted molar refractivity (Wildman–Crippen MR) is 99.6 cm³/mol. The second-order valence-corrected chi connectivity index (χ2v) is 6.53. The summed E-state index contributed by atoms with van der Waals surface area (Å²) >= 11 is 0. The van der Waals surface area contributed by atoms with Crippen LogP contribution >= 0.6 is 0 Å². The topological polar surface area (TPSA) is 52.5 Å². The Kier molecular flexibility index (Phi) is 4.22. The highest BCUT2D eigenvalue weighted by atomic mass is 14.9. The molecule has 24 heavy (non-hydrogen) atoms. The van der Waals surface area contributed by atoms with Gasteiger partial charge in [-0.1, -0.05) is 38.1 Å². The van der Waals surface area contributed by atoms with Crippen LogP contribution in [0.1, 0.15) is 47.8 Å². The second kappa shape index (κ2) is 6.33. The smallest absolute Gasteiger partial charge is 0.149 e. The first-order chi connectivity index (χ1) is 11.5. The van der Waals surface area contributed by atoms with Crippen LogP contribution in [0.4, 0.5) is 0 Å². The van der Waals surface area contributed by atoms with Crippen LogP contribution in [0, 0.1) is 25.2 Å². The maximum Gasteiger partial charge on any atom is 0.149 e. The van der Waals surface area contributed by atoms with Gasteiger partial charge in [0.2, 0.25) is 0 Å². The Hall–Kier alpha value is -2.86. The monoisotopic (exact) mass is 315 g/mol. The van der Waals surface area contributed by atoms with E-state index in [9.17, 15) is 5.26 Å². The van der Waals surface area contributed by atoms with Crippen LogP contribution in [0.5, 0.6) is 0 Å². The highest BCUT2D eigenvalue weighted by Gasteiger charge is 2.09. The van der Waals surface area contributed by atoms with E-state index in [1.165, 1.54) is 16.7 Å². The number of rotatable bonds is 3. The molecule has 2 aromatic carbocycles. The number of aromatic nitrogens is 2. The standard InChI is InChI=1S/C21H21N3/c1-13(2)17-7-5-16(6-8-17)11-18(12-22)21-23-19-9-14(3)15(4)10-20(19)24-21/h5-11,13H,1-4H3,(H,23,24)/b18-11-. The lowest BCUT2D eigenvalue weighted by Gasteiger charge is -2.04. The average molecular weight is 315 g/mol. The van der Waals surface area contributed by atoms with Gasteiger partial charge in [0.15, 0.2) is 0 Å². The van der Waals surface area contributed by atoms with Crippen LogP contribution in [-0.2, 0) is 0 Å². The summed E-state index contributed by atoms with van der Waals surface area (Å²) in [6.07, 6.45) is 1.88. The molecule has 1 heterocycles. The fourth-order valence-electron chi connectivity index (χ4n) is 2.69. The number of aryl methyl sites for hydroxylation is 2. The van der Waals surface area contributed by atoms with Crippen LogP contribution in [0.15, 0.2) is 36.4 Å². The zero-order chi connectivity index (χ0) is 17.3. The molecule has 0 aliphatic rings. The van der Waals surface area contributed by atoms with E-state index >= 15 is 0 Å². The summed E-state index contributed by atoms with van der Waals surface area (Å²) < 4.78 is 0. The zero-order valence-electron chi connectivity index (χ0n) is 14.5. The second-order valence-electron chi connectivity index (χ2n) is 6.53. The number of fused-ring (bicyclic) bond motifs is 1. The molecule has 0 saturated carbocycles. The average Bonchev–Trinajstić information content (AvgIpc) is 2.96. The first-order valence-electron chi connectivity index (χ1n) is 8.17. The van der Waals surface area contributed by atoms with E-state index in [0.29, 0.717) is 17.3 Å². The lowest BCUT2D eigenvalue weighted by Crippen LogP contribution is -1.88. The van der Waals surface area contributed by atoms with E-state index in [1.54, 1.807) is 0 Å². The largest absolute Gasteiger partial charge is 0.337 e. The summed E-state index contributed by atoms with van der Waals surface area (Å²) in [6, 6.07) is 14.7. The maximum atomic E-state index is 9.54. The summed E-state index contributed by atoms with van der Waals surface area (Å²) in [4.78, 5) is 7.84. The van der Waals surface area contributed by atoms with Crippen molar-refractivity contribution in [1.29, 1.82) is 5.26 Å². The molecule has 3 nitrogen and oxygen atoms in total. The van der Waals surface area contributed by atoms with Gasteiger partial charge in [-0.05, 0) is 60.2 Å². The molecule has 0 saturated heterocycles. The first-order valence-corrected chi connectivity index (χ1v) is 8.17. The Labute approximate surface area is 142 Å². The first kappa shape index (κ1) is 16.0. The van der Waals surface area contributed by atoms with Gasteiger partial charge in [-0.25, -0.2) is 4.98 Å². The van der Waals surface area contributed by atoms with E-state index < -0.39 is 0 Å². The van der Waals surface area contributed by atoms with Gasteiger partial charge in [-0.15, -0.1) is 0 Å². The quantitative estimate of drug-likeness (QED) is 0.661. The van der Waals surface area contributed by atoms with Crippen molar-refractivity contribution in [3.8, 4) is 6.07 Å². The summed E-state index contributed by atoms with van der Waals surface area (Å²) in [7, 11) is 0. The van der Waals surface area contributed by atoms with Crippen molar-refractivity contribution in [3.05, 3.63) is 64.5 Å². The van der Waals surface area contributed by atoms with Crippen molar-refractivity contribution in [2.24, 2.45) is 0 Å². The Morgan fingerprint density at radius 3 is 2.42 bits per heavy atom. The van der Waals surface area contributed by atoms with E-state index in [-0.39, 0.29) is 0 Å². The minimum atomic E-state index is 0.500. The third kappa shape index (κ3) is 3.09. The van der Waals surface area contributed by atoms with Crippen LogP contribution in [0.25, 0.3) is 22.7 Å². The molecule has 1 N–H and O–H groups in total. The number of hydrogen-bond acceptors (Lipinski definition) is 2. The normalized spacial score (nSPS) is 11.9. The fraction of sp³-hybridized carbons (Fsp3) is 0.238. The van der Waals surface area contributed by atoms with Gasteiger partial charge in [0, 0.05) is 0 Å². The molecule has 120 valence electrons. The highest BCUT2D eigenvalue weighted by molar-refractivity contribution is 5.90. The number of nitriles is 1. The van der Waals surface area contributed by atoms with Crippen LogP contribution < -0.4 is 0 Å². The molecule has 0 aliphatic heterocycles. The Morgan fingerprint density at radius 2 is 1.79 bits per heavy atom. The van der Waals surface area contributed by atoms with Crippen molar-refractivity contribution in [3.63, 3.8) is 0 Å². The molecule has 3 rings (SSSR count). The predicted octanol–water partition coefficient (Wildman–Crippen LogP) is 5.37. The fourth-order valence-corrected chi connectivity index (χ4v) is 2.69. The van der Waals surface area contributed by atoms with E-state index in [0.717, 1.165) is 16.6 Å². The van der Waals surface area contributed by atoms with E-state index in [4.69, 9.17) is 0 Å². The molecule has 0 unspecified atom stereocenters. The number of nitrogens with zero attached hydrogens (tertiary/aromatic N) is 2. The Balaban J connectivity index is 2.00. The van der Waals surface area contributed by atoms with Crippen molar-refractivity contribution < 1.29 is 0 Å². The minimum Gasteiger partial charge on any atom is -0.337 e. The molecule has 0 radical (unpaired) electrons. The van der Waals surface area contributed by atoms with Gasteiger partial charge in [0.05, 0.1) is 16.6 Å². The van der Waals surface area contributed by atoms with Gasteiger partial charge in [0.25, 0.3) is 0 Å². The maximum absolute atomic E-state index is 9.54. The molecule has 0 aliphatic carbocycles. The molecule has 0 spiro atoms. The number of allylic oxidation sites excluding steroid dienone is 1. The molecule has 3 heteroatoms. The molecule has 3 aromatic rings. The van der Waals surface area contributed by atoms with Crippen molar-refractivity contribution >= 4 is 22.7 Å². The Morgan fingerprint density at radius 1 is 1.12 bits per heavy atom. The van der Waals surface area contributed by atoms with Gasteiger partial charge < -0.3 is 4.98 Å². The lowest BCUT2D eigenvalue weighted by molar-refractivity contribution is 0.866. The van der Waals surface area contributed by atoms with Gasteiger partial charge in [-0.3, -0.25) is 0 Å². The van der Waals surface area contributed by atoms with Crippen molar-refractivity contribution in [2.45, 2.75) is 33.6 Å². The number of hydrogen-bond donors (Lipinski definition) is 1. The summed E-state index contributed by atoms with van der Waals surface area (Å²) in [5.74, 6) is 1.12. The molecular formula is C21H21N3.